The van der Waals surface area contributed by atoms with Crippen molar-refractivity contribution in [2.24, 2.45) is 5.73 Å². The molecule has 4 N–H and O–H groups in total. The van der Waals surface area contributed by atoms with Gasteiger partial charge in [-0.25, -0.2) is 0 Å². The first-order valence-electron chi connectivity index (χ1n) is 3.69. The first kappa shape index (κ1) is 14.7. The van der Waals surface area contributed by atoms with E-state index in [0.717, 1.165) is 0 Å². The predicted molar refractivity (Wildman–Crippen MR) is 54.8 cm³/mol. The number of carbonyl (C=O) groups is 1. The van der Waals surface area contributed by atoms with Crippen LogP contribution in [-0.4, -0.2) is 5.97 Å². The summed E-state index contributed by atoms with van der Waals surface area (Å²) in [6, 6.07) is 4.32. The van der Waals surface area contributed by atoms with Gasteiger partial charge in [0.2, 0.25) is 0 Å². The number of carboxylic acid groups (broad SMARTS) is 1. The Bertz CT molecular complexity index is 336. The number of hydrogen-bond donors (Lipinski definition) is 2. The van der Waals surface area contributed by atoms with Crippen LogP contribution in [0.4, 0.5) is 5.69 Å². The molecule has 0 aromatic heterocycles. The van der Waals surface area contributed by atoms with Crippen LogP contribution in [0.1, 0.15) is 15.9 Å². The molecular weight excluding hydrogens is 422 g/mol. The number of carbonyl (C=O) groups excluding carboxylic acids is 1. The zero-order chi connectivity index (χ0) is 11.8. The number of hydrogen-bond acceptors (Lipinski definition) is 4. The van der Waals surface area contributed by atoms with E-state index in [4.69, 9.17) is 30.3 Å². The van der Waals surface area contributed by atoms with E-state index in [1.165, 1.54) is 18.2 Å². The summed E-state index contributed by atoms with van der Waals surface area (Å²) >= 11 is -0.472. The second kappa shape index (κ2) is 7.94. The number of rotatable bonds is 2. The van der Waals surface area contributed by atoms with Gasteiger partial charge in [0.25, 0.3) is 0 Å². The molecule has 0 fully saturated rings. The fourth-order valence-electron chi connectivity index (χ4n) is 0.909. The molecule has 7 heteroatoms. The van der Waals surface area contributed by atoms with Crippen molar-refractivity contribution in [3.8, 4) is 0 Å². The molecule has 0 unspecified atom stereocenters. The summed E-state index contributed by atoms with van der Waals surface area (Å²) in [5, 5.41) is 10.4. The van der Waals surface area contributed by atoms with Gasteiger partial charge < -0.3 is 21.4 Å². The van der Waals surface area contributed by atoms with Crippen LogP contribution in [0.15, 0.2) is 18.2 Å². The van der Waals surface area contributed by atoms with Crippen molar-refractivity contribution in [3.63, 3.8) is 0 Å². The average molecular weight is 431 g/mol. The first-order chi connectivity index (χ1) is 7.06. The third-order valence-corrected chi connectivity index (χ3v) is 1.60. The van der Waals surface area contributed by atoms with Gasteiger partial charge in [0.15, 0.2) is 0 Å². The van der Waals surface area contributed by atoms with Crippen molar-refractivity contribution >= 4 is 30.5 Å². The standard InChI is InChI=1S/C8H10N2O2.2ClH.Pt/c9-4-6-3-5(8(11)12)1-2-7(6)10;;;/h1-3H,4,9-10H2,(H,11,12);2*1H;/q;;;+4/p-3. The van der Waals surface area contributed by atoms with E-state index < -0.39 is 22.5 Å². The quantitative estimate of drug-likeness (QED) is 0.667. The summed E-state index contributed by atoms with van der Waals surface area (Å²) in [6.07, 6.45) is 0. The third kappa shape index (κ3) is 5.38. The molecule has 0 heterocycles. The molecular formula is C8H9Cl2N2O2Pt+. The summed E-state index contributed by atoms with van der Waals surface area (Å²) in [5.74, 6) is -1.22. The van der Waals surface area contributed by atoms with E-state index in [9.17, 15) is 9.90 Å². The molecule has 0 saturated heterocycles. The zero-order valence-corrected chi connectivity index (χ0v) is 11.3. The molecule has 1 aromatic carbocycles. The number of nitrogen functional groups attached to an aromatic ring is 1. The molecule has 1 rings (SSSR count). The van der Waals surface area contributed by atoms with Gasteiger partial charge in [0, 0.05) is 12.2 Å². The Kier molecular flexibility index (Phi) is 7.79. The molecule has 4 nitrogen and oxygen atoms in total. The van der Waals surface area contributed by atoms with Gasteiger partial charge in [-0.3, -0.25) is 0 Å². The first-order valence-corrected chi connectivity index (χ1v) is 9.32. The number of anilines is 1. The molecule has 0 spiro atoms. The summed E-state index contributed by atoms with van der Waals surface area (Å²) in [7, 11) is 9.75. The maximum atomic E-state index is 10.4. The third-order valence-electron chi connectivity index (χ3n) is 1.60. The Hall–Kier alpha value is -0.282. The van der Waals surface area contributed by atoms with Crippen molar-refractivity contribution in [2.45, 2.75) is 6.54 Å². The summed E-state index contributed by atoms with van der Waals surface area (Å²) in [6.45, 7) is 0.229. The monoisotopic (exact) mass is 430 g/mol. The van der Waals surface area contributed by atoms with Gasteiger partial charge in [-0.2, -0.15) is 0 Å². The topological polar surface area (TPSA) is 92.2 Å². The van der Waals surface area contributed by atoms with Crippen molar-refractivity contribution < 1.29 is 26.4 Å². The van der Waals surface area contributed by atoms with Gasteiger partial charge in [-0.1, -0.05) is 6.07 Å². The number of benzene rings is 1. The molecule has 0 saturated carbocycles. The molecule has 0 aliphatic rings. The summed E-state index contributed by atoms with van der Waals surface area (Å²) in [4.78, 5) is 10.4. The Balaban J connectivity index is 0.000000583. The number of nitrogens with two attached hydrogens (primary N) is 2. The molecule has 1 aromatic rings. The Labute approximate surface area is 104 Å². The summed E-state index contributed by atoms with van der Waals surface area (Å²) < 4.78 is 0. The molecule has 0 aliphatic heterocycles. The minimum absolute atomic E-state index is 0.102. The SMILES string of the molecule is NCc1cc(C(=O)[O-])ccc1N.[Cl][Pt+2][Cl]. The van der Waals surface area contributed by atoms with Crippen LogP contribution in [0.5, 0.6) is 0 Å². The predicted octanol–water partition coefficient (Wildman–Crippen LogP) is 0.468. The minimum atomic E-state index is -1.22. The Morgan fingerprint density at radius 2 is 2.00 bits per heavy atom. The van der Waals surface area contributed by atoms with Crippen LogP contribution in [0.2, 0.25) is 0 Å². The second-order valence-corrected chi connectivity index (χ2v) is 5.73. The van der Waals surface area contributed by atoms with Gasteiger partial charge in [0.1, 0.15) is 0 Å². The van der Waals surface area contributed by atoms with Gasteiger partial charge in [-0.15, -0.1) is 0 Å². The molecule has 0 amide bonds. The van der Waals surface area contributed by atoms with Crippen LogP contribution in [0.3, 0.4) is 0 Å². The van der Waals surface area contributed by atoms with E-state index in [1.807, 2.05) is 0 Å². The summed E-state index contributed by atoms with van der Waals surface area (Å²) in [5.41, 5.74) is 12.1. The molecule has 0 aliphatic carbocycles. The second-order valence-electron chi connectivity index (χ2n) is 2.45. The van der Waals surface area contributed by atoms with Gasteiger partial charge in [0.05, 0.1) is 5.97 Å². The van der Waals surface area contributed by atoms with Crippen LogP contribution < -0.4 is 16.6 Å². The Morgan fingerprint density at radius 3 is 2.40 bits per heavy atom. The fourth-order valence-corrected chi connectivity index (χ4v) is 0.909. The number of halogens is 2. The Morgan fingerprint density at radius 1 is 1.47 bits per heavy atom. The number of aromatic carboxylic acids is 1. The van der Waals surface area contributed by atoms with Crippen molar-refractivity contribution in [1.29, 1.82) is 0 Å². The molecule has 86 valence electrons. The molecule has 0 bridgehead atoms. The molecule has 0 radical (unpaired) electrons. The van der Waals surface area contributed by atoms with Crippen LogP contribution in [-0.2, 0) is 23.0 Å². The van der Waals surface area contributed by atoms with Crippen molar-refractivity contribution in [1.82, 2.24) is 0 Å². The van der Waals surface area contributed by atoms with E-state index >= 15 is 0 Å². The van der Waals surface area contributed by atoms with E-state index in [0.29, 0.717) is 11.3 Å². The van der Waals surface area contributed by atoms with Gasteiger partial charge in [-0.05, 0) is 23.3 Å². The maximum absolute atomic E-state index is 10.4. The zero-order valence-electron chi connectivity index (χ0n) is 7.48. The average Bonchev–Trinajstić information content (AvgIpc) is 2.19. The number of carboxylic acids is 1. The van der Waals surface area contributed by atoms with Crippen LogP contribution in [0.25, 0.3) is 0 Å². The van der Waals surface area contributed by atoms with E-state index in [2.05, 4.69) is 0 Å². The van der Waals surface area contributed by atoms with Crippen LogP contribution in [0, 0.1) is 0 Å². The van der Waals surface area contributed by atoms with Crippen LogP contribution >= 0.6 is 18.8 Å². The van der Waals surface area contributed by atoms with Crippen molar-refractivity contribution in [2.75, 3.05) is 5.73 Å². The van der Waals surface area contributed by atoms with E-state index in [1.54, 1.807) is 0 Å². The normalized spacial score (nSPS) is 9.27. The van der Waals surface area contributed by atoms with Crippen molar-refractivity contribution in [3.05, 3.63) is 29.3 Å². The fraction of sp³-hybridized carbons (Fsp3) is 0.125. The van der Waals surface area contributed by atoms with Gasteiger partial charge >= 0.3 is 35.3 Å². The molecule has 0 atom stereocenters. The van der Waals surface area contributed by atoms with E-state index in [-0.39, 0.29) is 12.1 Å². The molecule has 15 heavy (non-hydrogen) atoms.